The summed E-state index contributed by atoms with van der Waals surface area (Å²) in [4.78, 5) is 4.79. The largest absolute Gasteiger partial charge is 0.505 e. The highest BCUT2D eigenvalue weighted by molar-refractivity contribution is 14.0. The zero-order valence-electron chi connectivity index (χ0n) is 16.0. The van der Waals surface area contributed by atoms with Crippen LogP contribution in [0.4, 0.5) is 4.39 Å². The van der Waals surface area contributed by atoms with E-state index >= 15 is 0 Å². The third-order valence-electron chi connectivity index (χ3n) is 3.87. The minimum atomic E-state index is -3.24. The molecule has 28 heavy (non-hydrogen) atoms. The zero-order valence-corrected chi connectivity index (χ0v) is 19.1. The van der Waals surface area contributed by atoms with Crippen LogP contribution in [-0.2, 0) is 22.9 Å². The van der Waals surface area contributed by atoms with Gasteiger partial charge in [0.25, 0.3) is 0 Å². The van der Waals surface area contributed by atoms with Gasteiger partial charge in [-0.2, -0.15) is 0 Å². The molecule has 0 atom stereocenters. The number of hydrogen-bond acceptors (Lipinski definition) is 4. The smallest absolute Gasteiger partial charge is 0.191 e. The molecule has 0 unspecified atom stereocenters. The van der Waals surface area contributed by atoms with Crippen molar-refractivity contribution in [3.05, 3.63) is 58.9 Å². The summed E-state index contributed by atoms with van der Waals surface area (Å²) < 4.78 is 36.8. The van der Waals surface area contributed by atoms with E-state index in [4.69, 9.17) is 0 Å². The van der Waals surface area contributed by atoms with Crippen molar-refractivity contribution in [2.24, 2.45) is 4.99 Å². The Morgan fingerprint density at radius 2 is 1.82 bits per heavy atom. The molecule has 3 N–H and O–H groups in total. The van der Waals surface area contributed by atoms with Crippen molar-refractivity contribution in [2.45, 2.75) is 31.8 Å². The average molecular weight is 521 g/mol. The summed E-state index contributed by atoms with van der Waals surface area (Å²) in [6.45, 7) is 5.05. The summed E-state index contributed by atoms with van der Waals surface area (Å²) in [6, 6.07) is 9.34. The number of guanidine groups is 1. The van der Waals surface area contributed by atoms with Crippen LogP contribution in [0.3, 0.4) is 0 Å². The van der Waals surface area contributed by atoms with Crippen LogP contribution in [0.2, 0.25) is 0 Å². The van der Waals surface area contributed by atoms with E-state index in [1.165, 1.54) is 18.4 Å². The van der Waals surface area contributed by atoms with Gasteiger partial charge < -0.3 is 15.7 Å². The molecular formula is C19H25FIN3O3S. The summed E-state index contributed by atoms with van der Waals surface area (Å²) in [6.07, 6.45) is 1.19. The van der Waals surface area contributed by atoms with Crippen LogP contribution >= 0.6 is 24.0 Å². The summed E-state index contributed by atoms with van der Waals surface area (Å²) in [5, 5.41) is 15.4. The predicted molar refractivity (Wildman–Crippen MR) is 119 cm³/mol. The van der Waals surface area contributed by atoms with Crippen molar-refractivity contribution < 1.29 is 17.9 Å². The highest BCUT2D eigenvalue weighted by Crippen LogP contribution is 2.17. The molecule has 0 aliphatic carbocycles. The Hall–Kier alpha value is -1.88. The maximum atomic E-state index is 13.4. The molecule has 0 saturated heterocycles. The van der Waals surface area contributed by atoms with Gasteiger partial charge in [0.05, 0.1) is 11.4 Å². The number of phenols is 1. The Kier molecular flexibility index (Phi) is 9.15. The molecule has 0 bridgehead atoms. The van der Waals surface area contributed by atoms with Crippen LogP contribution in [0.5, 0.6) is 5.75 Å². The van der Waals surface area contributed by atoms with E-state index in [0.29, 0.717) is 41.6 Å². The molecular weight excluding hydrogens is 496 g/mol. The first kappa shape index (κ1) is 24.2. The van der Waals surface area contributed by atoms with E-state index in [1.54, 1.807) is 31.2 Å². The Balaban J connectivity index is 0.00000392. The first-order valence-electron chi connectivity index (χ1n) is 8.50. The molecule has 0 radical (unpaired) electrons. The Labute approximate surface area is 182 Å². The summed E-state index contributed by atoms with van der Waals surface area (Å²) >= 11 is 0. The topological polar surface area (TPSA) is 90.8 Å². The normalized spacial score (nSPS) is 11.6. The average Bonchev–Trinajstić information content (AvgIpc) is 2.59. The van der Waals surface area contributed by atoms with Crippen LogP contribution in [0.15, 0.2) is 46.3 Å². The van der Waals surface area contributed by atoms with Crippen molar-refractivity contribution in [3.8, 4) is 5.75 Å². The van der Waals surface area contributed by atoms with Gasteiger partial charge in [0.2, 0.25) is 0 Å². The van der Waals surface area contributed by atoms with Crippen LogP contribution in [0.25, 0.3) is 0 Å². The lowest BCUT2D eigenvalue weighted by Gasteiger charge is -2.12. The minimum Gasteiger partial charge on any atom is -0.505 e. The number of nitrogens with zero attached hydrogens (tertiary/aromatic N) is 1. The molecule has 0 spiro atoms. The van der Waals surface area contributed by atoms with Crippen LogP contribution in [0, 0.1) is 12.7 Å². The number of hydrogen-bond donors (Lipinski definition) is 3. The highest BCUT2D eigenvalue weighted by atomic mass is 127. The second kappa shape index (κ2) is 10.6. The first-order chi connectivity index (χ1) is 12.7. The zero-order chi connectivity index (χ0) is 20.0. The van der Waals surface area contributed by atoms with Crippen molar-refractivity contribution in [1.82, 2.24) is 10.6 Å². The van der Waals surface area contributed by atoms with Gasteiger partial charge in [0.1, 0.15) is 0 Å². The molecule has 6 nitrogen and oxygen atoms in total. The number of benzene rings is 2. The fourth-order valence-corrected chi connectivity index (χ4v) is 3.54. The number of aromatic hydroxyl groups is 1. The molecule has 0 aliphatic rings. The monoisotopic (exact) mass is 521 g/mol. The molecule has 0 aliphatic heterocycles. The van der Waals surface area contributed by atoms with E-state index in [1.807, 2.05) is 6.92 Å². The number of phenolic OH excluding ortho intramolecular Hbond substituents is 1. The highest BCUT2D eigenvalue weighted by Gasteiger charge is 2.10. The Morgan fingerprint density at radius 1 is 1.14 bits per heavy atom. The number of rotatable bonds is 6. The van der Waals surface area contributed by atoms with E-state index in [-0.39, 0.29) is 29.7 Å². The van der Waals surface area contributed by atoms with Crippen LogP contribution < -0.4 is 10.6 Å². The fourth-order valence-electron chi connectivity index (χ4n) is 2.58. The maximum absolute atomic E-state index is 13.4. The lowest BCUT2D eigenvalue weighted by molar-refractivity contribution is 0.431. The molecule has 0 amide bonds. The third-order valence-corrected chi connectivity index (χ3v) is 5.13. The minimum absolute atomic E-state index is 0. The molecule has 9 heteroatoms. The van der Waals surface area contributed by atoms with Crippen molar-refractivity contribution in [2.75, 3.05) is 12.8 Å². The van der Waals surface area contributed by atoms with Gasteiger partial charge in [0.15, 0.2) is 27.4 Å². The summed E-state index contributed by atoms with van der Waals surface area (Å²) in [5.41, 5.74) is 2.24. The molecule has 2 rings (SSSR count). The van der Waals surface area contributed by atoms with E-state index in [2.05, 4.69) is 15.6 Å². The van der Waals surface area contributed by atoms with E-state index in [0.717, 1.165) is 5.56 Å². The predicted octanol–water partition coefficient (Wildman–Crippen LogP) is 3.12. The van der Waals surface area contributed by atoms with Crippen molar-refractivity contribution in [3.63, 3.8) is 0 Å². The van der Waals surface area contributed by atoms with Gasteiger partial charge in [-0.05, 0) is 48.7 Å². The van der Waals surface area contributed by atoms with Gasteiger partial charge in [-0.25, -0.2) is 17.8 Å². The van der Waals surface area contributed by atoms with Crippen molar-refractivity contribution in [1.29, 1.82) is 0 Å². The number of halogens is 2. The number of aliphatic imine (C=N–C) groups is 1. The van der Waals surface area contributed by atoms with Gasteiger partial charge in [-0.1, -0.05) is 18.2 Å². The molecule has 2 aromatic rings. The SMILES string of the molecule is CCNC(=NCc1ccc(S(C)(=O)=O)c(C)c1)NCc1ccc(O)c(F)c1.I. The lowest BCUT2D eigenvalue weighted by Crippen LogP contribution is -2.36. The molecule has 0 fully saturated rings. The Bertz CT molecular complexity index is 949. The second-order valence-corrected chi connectivity index (χ2v) is 8.19. The quantitative estimate of drug-likeness (QED) is 0.309. The lowest BCUT2D eigenvalue weighted by atomic mass is 10.1. The maximum Gasteiger partial charge on any atom is 0.191 e. The van der Waals surface area contributed by atoms with Crippen LogP contribution in [0.1, 0.15) is 23.6 Å². The first-order valence-corrected chi connectivity index (χ1v) is 10.4. The second-order valence-electron chi connectivity index (χ2n) is 6.21. The summed E-state index contributed by atoms with van der Waals surface area (Å²) in [7, 11) is -3.24. The fraction of sp³-hybridized carbons (Fsp3) is 0.316. The van der Waals surface area contributed by atoms with Crippen molar-refractivity contribution >= 4 is 39.8 Å². The number of nitrogens with one attached hydrogen (secondary N) is 2. The molecule has 0 aromatic heterocycles. The van der Waals surface area contributed by atoms with Gasteiger partial charge >= 0.3 is 0 Å². The van der Waals surface area contributed by atoms with Crippen LogP contribution in [-0.4, -0.2) is 32.3 Å². The van der Waals surface area contributed by atoms with Gasteiger partial charge in [-0.3, -0.25) is 0 Å². The van der Waals surface area contributed by atoms with Gasteiger partial charge in [0, 0.05) is 19.3 Å². The molecule has 2 aromatic carbocycles. The number of aryl methyl sites for hydroxylation is 1. The Morgan fingerprint density at radius 3 is 2.39 bits per heavy atom. The van der Waals surface area contributed by atoms with E-state index < -0.39 is 15.7 Å². The standard InChI is InChI=1S/C19H24FN3O3S.HI/c1-4-21-19(23-12-15-5-7-17(24)16(20)10-15)22-11-14-6-8-18(13(2)9-14)27(3,25)26;/h5-10,24H,4,11-12H2,1-3H3,(H2,21,22,23);1H. The summed E-state index contributed by atoms with van der Waals surface area (Å²) in [5.74, 6) is -0.499. The molecule has 0 heterocycles. The third kappa shape index (κ3) is 6.93. The van der Waals surface area contributed by atoms with E-state index in [9.17, 15) is 17.9 Å². The molecule has 154 valence electrons. The number of sulfone groups is 1. The van der Waals surface area contributed by atoms with Gasteiger partial charge in [-0.15, -0.1) is 24.0 Å². The molecule has 0 saturated carbocycles.